The van der Waals surface area contributed by atoms with E-state index in [-0.39, 0.29) is 28.8 Å². The summed E-state index contributed by atoms with van der Waals surface area (Å²) in [6, 6.07) is 8.21. The summed E-state index contributed by atoms with van der Waals surface area (Å²) in [6.45, 7) is 1.82. The smallest absolute Gasteiger partial charge is 0.265 e. The molecular weight excluding hydrogens is 324 g/mol. The maximum absolute atomic E-state index is 12.9. The van der Waals surface area contributed by atoms with Gasteiger partial charge in [-0.25, -0.2) is 13.4 Å². The number of fused-ring (bicyclic) bond motifs is 1. The summed E-state index contributed by atoms with van der Waals surface area (Å²) in [4.78, 5) is 15.9. The van der Waals surface area contributed by atoms with Crippen molar-refractivity contribution in [2.24, 2.45) is 0 Å². The highest BCUT2D eigenvalue weighted by Gasteiger charge is 2.32. The number of nitrogens with zero attached hydrogens (tertiary/aromatic N) is 2. The van der Waals surface area contributed by atoms with Crippen LogP contribution in [0.4, 0.5) is 5.69 Å². The van der Waals surface area contributed by atoms with Gasteiger partial charge in [0.15, 0.2) is 5.78 Å². The SMILES string of the molecule is Cc1cc(S(=O)(=O)N2CCC(=O)c3ccccc32)cnc1Cl. The number of hydrogen-bond acceptors (Lipinski definition) is 4. The Labute approximate surface area is 133 Å². The van der Waals surface area contributed by atoms with Crippen molar-refractivity contribution in [2.75, 3.05) is 10.8 Å². The molecule has 0 spiro atoms. The number of benzene rings is 1. The number of anilines is 1. The van der Waals surface area contributed by atoms with Crippen LogP contribution in [0.2, 0.25) is 5.15 Å². The first-order valence-electron chi connectivity index (χ1n) is 6.68. The Bertz CT molecular complexity index is 865. The molecule has 3 rings (SSSR count). The van der Waals surface area contributed by atoms with E-state index in [1.165, 1.54) is 16.6 Å². The van der Waals surface area contributed by atoms with Gasteiger partial charge in [-0.2, -0.15) is 0 Å². The number of hydrogen-bond donors (Lipinski definition) is 0. The Balaban J connectivity index is 2.12. The van der Waals surface area contributed by atoms with Crippen LogP contribution in [-0.4, -0.2) is 25.7 Å². The van der Waals surface area contributed by atoms with Crippen LogP contribution in [0, 0.1) is 6.92 Å². The van der Waals surface area contributed by atoms with Crippen LogP contribution < -0.4 is 4.31 Å². The van der Waals surface area contributed by atoms with E-state index in [1.807, 2.05) is 0 Å². The zero-order chi connectivity index (χ0) is 15.9. The molecule has 0 aliphatic carbocycles. The number of aromatic nitrogens is 1. The van der Waals surface area contributed by atoms with Crippen LogP contribution in [0.5, 0.6) is 0 Å². The van der Waals surface area contributed by atoms with Crippen molar-refractivity contribution in [3.05, 3.63) is 52.8 Å². The fraction of sp³-hybridized carbons (Fsp3) is 0.200. The first kappa shape index (κ1) is 15.0. The summed E-state index contributed by atoms with van der Waals surface area (Å²) in [7, 11) is -3.78. The normalized spacial score (nSPS) is 14.8. The van der Waals surface area contributed by atoms with Crippen molar-refractivity contribution < 1.29 is 13.2 Å². The second kappa shape index (κ2) is 5.37. The van der Waals surface area contributed by atoms with E-state index in [1.54, 1.807) is 31.2 Å². The zero-order valence-electron chi connectivity index (χ0n) is 11.8. The first-order chi connectivity index (χ1) is 10.4. The molecule has 0 saturated heterocycles. The lowest BCUT2D eigenvalue weighted by molar-refractivity contribution is 0.0982. The monoisotopic (exact) mass is 336 g/mol. The van der Waals surface area contributed by atoms with Crippen molar-refractivity contribution in [3.63, 3.8) is 0 Å². The third-order valence-corrected chi connectivity index (χ3v) is 5.77. The Kier molecular flexibility index (Phi) is 3.66. The number of para-hydroxylation sites is 1. The average Bonchev–Trinajstić information content (AvgIpc) is 2.50. The number of ketones is 1. The summed E-state index contributed by atoms with van der Waals surface area (Å²) in [6.07, 6.45) is 1.40. The fourth-order valence-corrected chi connectivity index (χ4v) is 4.05. The van der Waals surface area contributed by atoms with Gasteiger partial charge < -0.3 is 0 Å². The van der Waals surface area contributed by atoms with Crippen LogP contribution in [0.3, 0.4) is 0 Å². The van der Waals surface area contributed by atoms with Gasteiger partial charge >= 0.3 is 0 Å². The van der Waals surface area contributed by atoms with Crippen molar-refractivity contribution in [1.82, 2.24) is 4.98 Å². The summed E-state index contributed by atoms with van der Waals surface area (Å²) in [5.74, 6) is -0.0486. The molecule has 2 aromatic rings. The number of pyridine rings is 1. The number of Topliss-reactive ketones (excluding diaryl/α,β-unsaturated/α-hetero) is 1. The molecule has 5 nitrogen and oxygen atoms in total. The summed E-state index contributed by atoms with van der Waals surface area (Å²) >= 11 is 5.85. The molecule has 0 atom stereocenters. The van der Waals surface area contributed by atoms with Crippen molar-refractivity contribution in [1.29, 1.82) is 0 Å². The lowest BCUT2D eigenvalue weighted by Crippen LogP contribution is -2.37. The lowest BCUT2D eigenvalue weighted by Gasteiger charge is -2.29. The minimum absolute atomic E-state index is 0.0486. The van der Waals surface area contributed by atoms with Crippen LogP contribution in [0.25, 0.3) is 0 Å². The van der Waals surface area contributed by atoms with E-state index >= 15 is 0 Å². The third-order valence-electron chi connectivity index (χ3n) is 3.59. The molecule has 0 N–H and O–H groups in total. The van der Waals surface area contributed by atoms with Crippen molar-refractivity contribution in [3.8, 4) is 0 Å². The predicted molar refractivity (Wildman–Crippen MR) is 83.9 cm³/mol. The van der Waals surface area contributed by atoms with Gasteiger partial charge in [-0.15, -0.1) is 0 Å². The number of carbonyl (C=O) groups excluding carboxylic acids is 1. The Morgan fingerprint density at radius 3 is 2.73 bits per heavy atom. The summed E-state index contributed by atoms with van der Waals surface area (Å²) < 4.78 is 27.0. The molecule has 0 amide bonds. The van der Waals surface area contributed by atoms with Gasteiger partial charge in [0.2, 0.25) is 0 Å². The second-order valence-corrected chi connectivity index (χ2v) is 7.27. The van der Waals surface area contributed by atoms with Crippen LogP contribution in [0.15, 0.2) is 41.4 Å². The Hall–Kier alpha value is -1.92. The number of sulfonamides is 1. The fourth-order valence-electron chi connectivity index (χ4n) is 2.44. The van der Waals surface area contributed by atoms with Gasteiger partial charge in [-0.05, 0) is 30.7 Å². The van der Waals surface area contributed by atoms with E-state index in [2.05, 4.69) is 4.98 Å². The topological polar surface area (TPSA) is 67.3 Å². The molecule has 7 heteroatoms. The Morgan fingerprint density at radius 1 is 1.27 bits per heavy atom. The number of carbonyl (C=O) groups is 1. The minimum Gasteiger partial charge on any atom is -0.294 e. The van der Waals surface area contributed by atoms with E-state index in [9.17, 15) is 13.2 Å². The number of rotatable bonds is 2. The molecule has 1 aromatic heterocycles. The molecule has 1 aliphatic rings. The zero-order valence-corrected chi connectivity index (χ0v) is 13.4. The summed E-state index contributed by atoms with van der Waals surface area (Å²) in [5, 5.41) is 0.271. The van der Waals surface area contributed by atoms with Gasteiger partial charge in [0.05, 0.1) is 5.69 Å². The average molecular weight is 337 g/mol. The van der Waals surface area contributed by atoms with Gasteiger partial charge in [-0.1, -0.05) is 23.7 Å². The first-order valence-corrected chi connectivity index (χ1v) is 8.50. The molecular formula is C15H13ClN2O3S. The maximum Gasteiger partial charge on any atom is 0.265 e. The highest BCUT2D eigenvalue weighted by molar-refractivity contribution is 7.92. The predicted octanol–water partition coefficient (Wildman–Crippen LogP) is 2.83. The van der Waals surface area contributed by atoms with Crippen LogP contribution in [-0.2, 0) is 10.0 Å². The molecule has 114 valence electrons. The molecule has 0 saturated carbocycles. The largest absolute Gasteiger partial charge is 0.294 e. The van der Waals surface area contributed by atoms with E-state index in [0.29, 0.717) is 16.8 Å². The number of aryl methyl sites for hydroxylation is 1. The molecule has 22 heavy (non-hydrogen) atoms. The van der Waals surface area contributed by atoms with Gasteiger partial charge in [0.25, 0.3) is 10.0 Å². The van der Waals surface area contributed by atoms with E-state index in [0.717, 1.165) is 0 Å². The van der Waals surface area contributed by atoms with Crippen LogP contribution in [0.1, 0.15) is 22.3 Å². The lowest BCUT2D eigenvalue weighted by atomic mass is 10.0. The molecule has 0 radical (unpaired) electrons. The quantitative estimate of drug-likeness (QED) is 0.791. The number of halogens is 1. The van der Waals surface area contributed by atoms with Gasteiger partial charge in [-0.3, -0.25) is 9.10 Å². The summed E-state index contributed by atoms with van der Waals surface area (Å²) in [5.41, 5.74) is 1.42. The minimum atomic E-state index is -3.78. The van der Waals surface area contributed by atoms with E-state index < -0.39 is 10.0 Å². The molecule has 0 unspecified atom stereocenters. The van der Waals surface area contributed by atoms with Crippen molar-refractivity contribution >= 4 is 33.1 Å². The maximum atomic E-state index is 12.9. The van der Waals surface area contributed by atoms with Gasteiger partial charge in [0, 0.05) is 24.7 Å². The third kappa shape index (κ3) is 2.38. The highest BCUT2D eigenvalue weighted by Crippen LogP contribution is 2.32. The molecule has 1 aliphatic heterocycles. The van der Waals surface area contributed by atoms with Crippen molar-refractivity contribution in [2.45, 2.75) is 18.2 Å². The second-order valence-electron chi connectivity index (χ2n) is 5.05. The van der Waals surface area contributed by atoms with E-state index in [4.69, 9.17) is 11.6 Å². The molecule has 2 heterocycles. The molecule has 1 aromatic carbocycles. The molecule has 0 bridgehead atoms. The molecule has 0 fully saturated rings. The standard InChI is InChI=1S/C15H13ClN2O3S/c1-10-8-11(9-17-15(10)16)22(20,21)18-7-6-14(19)12-4-2-3-5-13(12)18/h2-5,8-9H,6-7H2,1H3. The van der Waals surface area contributed by atoms with Gasteiger partial charge in [0.1, 0.15) is 10.0 Å². The van der Waals surface area contributed by atoms with Crippen LogP contribution >= 0.6 is 11.6 Å². The highest BCUT2D eigenvalue weighted by atomic mass is 35.5. The Morgan fingerprint density at radius 2 is 2.00 bits per heavy atom.